The van der Waals surface area contributed by atoms with Gasteiger partial charge in [-0.2, -0.15) is 0 Å². The highest BCUT2D eigenvalue weighted by Gasteiger charge is 2.18. The SMILES string of the molecule is CCN(CC)C(=O)C(C)Nc1ncc(Br)cc1C. The van der Waals surface area contributed by atoms with Crippen LogP contribution in [0, 0.1) is 6.92 Å². The maximum Gasteiger partial charge on any atom is 0.244 e. The summed E-state index contributed by atoms with van der Waals surface area (Å²) < 4.78 is 0.938. The first-order valence-electron chi connectivity index (χ1n) is 6.17. The molecule has 4 nitrogen and oxygen atoms in total. The van der Waals surface area contributed by atoms with Gasteiger partial charge in [0.15, 0.2) is 0 Å². The Balaban J connectivity index is 2.75. The summed E-state index contributed by atoms with van der Waals surface area (Å²) in [6.45, 7) is 9.26. The predicted molar refractivity (Wildman–Crippen MR) is 77.7 cm³/mol. The lowest BCUT2D eigenvalue weighted by Crippen LogP contribution is -2.41. The molecule has 0 spiro atoms. The number of aromatic nitrogens is 1. The Kier molecular flexibility index (Phi) is 5.59. The van der Waals surface area contributed by atoms with Crippen molar-refractivity contribution < 1.29 is 4.79 Å². The molecule has 0 fully saturated rings. The van der Waals surface area contributed by atoms with Crippen LogP contribution < -0.4 is 5.32 Å². The van der Waals surface area contributed by atoms with E-state index in [1.54, 1.807) is 6.20 Å². The molecular formula is C13H20BrN3O. The van der Waals surface area contributed by atoms with E-state index in [1.165, 1.54) is 0 Å². The minimum Gasteiger partial charge on any atom is -0.358 e. The summed E-state index contributed by atoms with van der Waals surface area (Å²) in [5, 5.41) is 3.16. The maximum absolute atomic E-state index is 12.1. The molecule has 1 rings (SSSR count). The Morgan fingerprint density at radius 2 is 2.11 bits per heavy atom. The van der Waals surface area contributed by atoms with Crippen LogP contribution in [-0.4, -0.2) is 34.9 Å². The number of aryl methyl sites for hydroxylation is 1. The highest BCUT2D eigenvalue weighted by atomic mass is 79.9. The summed E-state index contributed by atoms with van der Waals surface area (Å²) >= 11 is 3.37. The summed E-state index contributed by atoms with van der Waals surface area (Å²) in [5.74, 6) is 0.857. The number of carbonyl (C=O) groups excluding carboxylic acids is 1. The lowest BCUT2D eigenvalue weighted by molar-refractivity contribution is -0.131. The number of hydrogen-bond donors (Lipinski definition) is 1. The fraction of sp³-hybridized carbons (Fsp3) is 0.538. The molecule has 1 aromatic rings. The van der Waals surface area contributed by atoms with E-state index in [2.05, 4.69) is 26.2 Å². The number of anilines is 1. The minimum absolute atomic E-state index is 0.101. The van der Waals surface area contributed by atoms with Crippen molar-refractivity contribution in [3.05, 3.63) is 22.3 Å². The van der Waals surface area contributed by atoms with E-state index < -0.39 is 0 Å². The topological polar surface area (TPSA) is 45.2 Å². The van der Waals surface area contributed by atoms with Gasteiger partial charge in [-0.15, -0.1) is 0 Å². The number of nitrogens with one attached hydrogen (secondary N) is 1. The number of rotatable bonds is 5. The first-order chi connectivity index (χ1) is 8.49. The van der Waals surface area contributed by atoms with Crippen molar-refractivity contribution in [3.8, 4) is 0 Å². The molecular weight excluding hydrogens is 294 g/mol. The fourth-order valence-electron chi connectivity index (χ4n) is 1.77. The third kappa shape index (κ3) is 3.70. The average Bonchev–Trinajstić information content (AvgIpc) is 2.34. The van der Waals surface area contributed by atoms with Gasteiger partial charge in [-0.1, -0.05) is 0 Å². The molecule has 100 valence electrons. The Labute approximate surface area is 117 Å². The van der Waals surface area contributed by atoms with Crippen molar-refractivity contribution >= 4 is 27.7 Å². The number of likely N-dealkylation sites (N-methyl/N-ethyl adjacent to an activating group) is 1. The van der Waals surface area contributed by atoms with Crippen LogP contribution in [0.4, 0.5) is 5.82 Å². The molecule has 1 aromatic heterocycles. The largest absolute Gasteiger partial charge is 0.358 e. The van der Waals surface area contributed by atoms with Gasteiger partial charge in [0.1, 0.15) is 11.9 Å². The maximum atomic E-state index is 12.1. The summed E-state index contributed by atoms with van der Waals surface area (Å²) in [6.07, 6.45) is 1.73. The van der Waals surface area contributed by atoms with Crippen LogP contribution in [0.3, 0.4) is 0 Å². The number of nitrogens with zero attached hydrogens (tertiary/aromatic N) is 2. The lowest BCUT2D eigenvalue weighted by Gasteiger charge is -2.24. The zero-order chi connectivity index (χ0) is 13.7. The van der Waals surface area contributed by atoms with Gasteiger partial charge in [-0.05, 0) is 55.3 Å². The van der Waals surface area contributed by atoms with Crippen LogP contribution in [0.2, 0.25) is 0 Å². The van der Waals surface area contributed by atoms with Crippen molar-refractivity contribution in [2.45, 2.75) is 33.7 Å². The standard InChI is InChI=1S/C13H20BrN3O/c1-5-17(6-2)13(18)10(4)16-12-9(3)7-11(14)8-15-12/h7-8,10H,5-6H2,1-4H3,(H,15,16). The molecule has 1 N–H and O–H groups in total. The summed E-state index contributed by atoms with van der Waals surface area (Å²) in [4.78, 5) is 18.2. The number of amides is 1. The summed E-state index contributed by atoms with van der Waals surface area (Å²) in [5.41, 5.74) is 1.02. The molecule has 0 bridgehead atoms. The van der Waals surface area contributed by atoms with Crippen LogP contribution in [0.5, 0.6) is 0 Å². The van der Waals surface area contributed by atoms with Crippen LogP contribution >= 0.6 is 15.9 Å². The van der Waals surface area contributed by atoms with Crippen molar-refractivity contribution in [2.75, 3.05) is 18.4 Å². The van der Waals surface area contributed by atoms with Gasteiger partial charge in [0.05, 0.1) is 0 Å². The second-order valence-corrected chi connectivity index (χ2v) is 5.11. The molecule has 0 saturated carbocycles. The van der Waals surface area contributed by atoms with Crippen molar-refractivity contribution in [2.24, 2.45) is 0 Å². The van der Waals surface area contributed by atoms with Gasteiger partial charge in [-0.3, -0.25) is 4.79 Å². The number of carbonyl (C=O) groups is 1. The van der Waals surface area contributed by atoms with E-state index in [4.69, 9.17) is 0 Å². The van der Waals surface area contributed by atoms with E-state index in [-0.39, 0.29) is 11.9 Å². The lowest BCUT2D eigenvalue weighted by atomic mass is 10.2. The number of hydrogen-bond acceptors (Lipinski definition) is 3. The molecule has 1 heterocycles. The van der Waals surface area contributed by atoms with Crippen LogP contribution in [-0.2, 0) is 4.79 Å². The van der Waals surface area contributed by atoms with Crippen LogP contribution in [0.1, 0.15) is 26.3 Å². The van der Waals surface area contributed by atoms with Gasteiger partial charge < -0.3 is 10.2 Å². The molecule has 5 heteroatoms. The monoisotopic (exact) mass is 313 g/mol. The highest BCUT2D eigenvalue weighted by molar-refractivity contribution is 9.10. The molecule has 0 aromatic carbocycles. The second kappa shape index (κ2) is 6.73. The zero-order valence-corrected chi connectivity index (χ0v) is 12.9. The normalized spacial score (nSPS) is 12.1. The molecule has 1 atom stereocenters. The molecule has 0 aliphatic heterocycles. The highest BCUT2D eigenvalue weighted by Crippen LogP contribution is 2.17. The van der Waals surface area contributed by atoms with Gasteiger partial charge in [-0.25, -0.2) is 4.98 Å². The first kappa shape index (κ1) is 15.0. The second-order valence-electron chi connectivity index (χ2n) is 4.20. The van der Waals surface area contributed by atoms with E-state index >= 15 is 0 Å². The third-order valence-electron chi connectivity index (χ3n) is 2.84. The van der Waals surface area contributed by atoms with Gasteiger partial charge in [0, 0.05) is 23.8 Å². The Hall–Kier alpha value is -1.10. The van der Waals surface area contributed by atoms with E-state index in [9.17, 15) is 4.79 Å². The first-order valence-corrected chi connectivity index (χ1v) is 6.96. The molecule has 18 heavy (non-hydrogen) atoms. The molecule has 0 radical (unpaired) electrons. The molecule has 0 saturated heterocycles. The third-order valence-corrected chi connectivity index (χ3v) is 3.28. The quantitative estimate of drug-likeness (QED) is 0.909. The Morgan fingerprint density at radius 3 is 2.61 bits per heavy atom. The smallest absolute Gasteiger partial charge is 0.244 e. The summed E-state index contributed by atoms with van der Waals surface area (Å²) in [7, 11) is 0. The molecule has 0 aliphatic rings. The fourth-order valence-corrected chi connectivity index (χ4v) is 2.21. The minimum atomic E-state index is -0.266. The number of pyridine rings is 1. The zero-order valence-electron chi connectivity index (χ0n) is 11.3. The van der Waals surface area contributed by atoms with Crippen LogP contribution in [0.15, 0.2) is 16.7 Å². The van der Waals surface area contributed by atoms with Crippen molar-refractivity contribution in [3.63, 3.8) is 0 Å². The Morgan fingerprint density at radius 1 is 1.50 bits per heavy atom. The van der Waals surface area contributed by atoms with E-state index in [1.807, 2.05) is 38.7 Å². The van der Waals surface area contributed by atoms with E-state index in [0.717, 1.165) is 28.9 Å². The van der Waals surface area contributed by atoms with Gasteiger partial charge >= 0.3 is 0 Å². The van der Waals surface area contributed by atoms with Gasteiger partial charge in [0.25, 0.3) is 0 Å². The summed E-state index contributed by atoms with van der Waals surface area (Å²) in [6, 6.07) is 1.71. The molecule has 0 aliphatic carbocycles. The number of halogens is 1. The van der Waals surface area contributed by atoms with Crippen LogP contribution in [0.25, 0.3) is 0 Å². The molecule has 1 amide bonds. The van der Waals surface area contributed by atoms with Crippen molar-refractivity contribution in [1.29, 1.82) is 0 Å². The average molecular weight is 314 g/mol. The Bertz CT molecular complexity index is 419. The molecule has 1 unspecified atom stereocenters. The van der Waals surface area contributed by atoms with Gasteiger partial charge in [0.2, 0.25) is 5.91 Å². The van der Waals surface area contributed by atoms with E-state index in [0.29, 0.717) is 0 Å². The van der Waals surface area contributed by atoms with Crippen molar-refractivity contribution in [1.82, 2.24) is 9.88 Å². The predicted octanol–water partition coefficient (Wildman–Crippen LogP) is 2.82.